The second kappa shape index (κ2) is 2.57. The summed E-state index contributed by atoms with van der Waals surface area (Å²) in [6.45, 7) is 0. The third kappa shape index (κ3) is 2.01. The Morgan fingerprint density at radius 2 is 1.80 bits per heavy atom. The van der Waals surface area contributed by atoms with Crippen LogP contribution in [0.2, 0.25) is 0 Å². The third-order valence-electron chi connectivity index (χ3n) is 0.772. The van der Waals surface area contributed by atoms with Crippen LogP contribution in [0.3, 0.4) is 0 Å². The highest BCUT2D eigenvalue weighted by molar-refractivity contribution is 14.2. The van der Waals surface area contributed by atoms with Gasteiger partial charge in [0, 0.05) is 0 Å². The highest BCUT2D eigenvalue weighted by Gasteiger charge is 2.29. The van der Waals surface area contributed by atoms with Gasteiger partial charge in [0.05, 0.1) is 27.5 Å². The van der Waals surface area contributed by atoms with Crippen molar-refractivity contribution in [3.05, 3.63) is 0 Å². The van der Waals surface area contributed by atoms with Crippen molar-refractivity contribution < 1.29 is 18.0 Å². The molecule has 1 saturated heterocycles. The van der Waals surface area contributed by atoms with E-state index in [1.807, 2.05) is 21.2 Å². The maximum absolute atomic E-state index is 10.6. The zero-order valence-electron chi connectivity index (χ0n) is 5.13. The van der Waals surface area contributed by atoms with Crippen LogP contribution < -0.4 is 0 Å². The number of hydrogen-bond donors (Lipinski definition) is 0. The molecule has 1 fully saturated rings. The third-order valence-corrected chi connectivity index (χ3v) is 2.82. The van der Waals surface area contributed by atoms with Crippen LogP contribution in [0.4, 0.5) is 0 Å². The van der Waals surface area contributed by atoms with Gasteiger partial charge in [0.1, 0.15) is 6.42 Å². The van der Waals surface area contributed by atoms with Crippen LogP contribution in [0.25, 0.3) is 0 Å². The molecule has 1 aliphatic rings. The molecule has 0 atom stereocenters. The highest BCUT2D eigenvalue weighted by atomic mass is 127. The Hall–Kier alpha value is 0.0200. The average Bonchev–Trinajstić information content (AvgIpc) is 1.54. The minimum Gasteiger partial charge on any atom is -0.335 e. The van der Waals surface area contributed by atoms with Gasteiger partial charge in [-0.25, -0.2) is 9.59 Å². The van der Waals surface area contributed by atoms with Gasteiger partial charge in [-0.1, -0.05) is 7.76 Å². The van der Waals surface area contributed by atoms with Crippen LogP contribution >= 0.6 is 29.0 Å². The summed E-state index contributed by atoms with van der Waals surface area (Å²) in [6, 6.07) is 0. The van der Waals surface area contributed by atoms with Crippen LogP contribution in [-0.2, 0) is 18.0 Å². The van der Waals surface area contributed by atoms with Gasteiger partial charge in [-0.05, 0) is 0 Å². The molecule has 0 bridgehead atoms. The van der Waals surface area contributed by atoms with Crippen LogP contribution in [0.1, 0.15) is 6.42 Å². The Bertz CT molecular complexity index is 172. The first kappa shape index (κ1) is 8.12. The molecule has 0 aromatic carbocycles. The lowest BCUT2D eigenvalue weighted by molar-refractivity contribution is -0.147. The van der Waals surface area contributed by atoms with Gasteiger partial charge in [0.2, 0.25) is 0 Å². The van der Waals surface area contributed by atoms with E-state index in [0.29, 0.717) is 0 Å². The molecule has 10 heavy (non-hydrogen) atoms. The fourth-order valence-electron chi connectivity index (χ4n) is 0.526. The average molecular weight is 276 g/mol. The van der Waals surface area contributed by atoms with E-state index in [4.69, 9.17) is 8.37 Å². The van der Waals surface area contributed by atoms with Crippen LogP contribution in [0.15, 0.2) is 0 Å². The second-order valence-corrected chi connectivity index (χ2v) is 8.27. The molecule has 0 radical (unpaired) electrons. The Morgan fingerprint density at radius 3 is 2.10 bits per heavy atom. The minimum absolute atomic E-state index is 0.258. The Labute approximate surface area is 71.6 Å². The molecule has 1 heterocycles. The minimum atomic E-state index is -1.91. The molecular formula is C4H5IO4S. The van der Waals surface area contributed by atoms with Crippen LogP contribution in [0.5, 0.6) is 0 Å². The predicted octanol–water partition coefficient (Wildman–Crippen LogP) is 1.09. The molecule has 4 nitrogen and oxygen atoms in total. The molecule has 0 N–H and O–H groups in total. The molecular weight excluding hydrogens is 271 g/mol. The van der Waals surface area contributed by atoms with E-state index in [1.165, 1.54) is 0 Å². The number of halogens is 1. The zero-order valence-corrected chi connectivity index (χ0v) is 8.10. The van der Waals surface area contributed by atoms with E-state index >= 15 is 0 Å². The van der Waals surface area contributed by atoms with E-state index in [2.05, 4.69) is 0 Å². The monoisotopic (exact) mass is 276 g/mol. The summed E-state index contributed by atoms with van der Waals surface area (Å²) in [5, 5.41) is 0. The van der Waals surface area contributed by atoms with E-state index in [-0.39, 0.29) is 6.42 Å². The lowest BCUT2D eigenvalue weighted by Crippen LogP contribution is -2.22. The lowest BCUT2D eigenvalue weighted by atomic mass is 10.5. The van der Waals surface area contributed by atoms with E-state index in [0.717, 1.165) is 0 Å². The van der Waals surface area contributed by atoms with Gasteiger partial charge in [-0.3, -0.25) is 0 Å². The highest BCUT2D eigenvalue weighted by Crippen LogP contribution is 2.57. The molecule has 0 aliphatic carbocycles. The molecule has 1 aliphatic heterocycles. The van der Waals surface area contributed by atoms with Crippen molar-refractivity contribution in [3.8, 4) is 0 Å². The molecule has 0 saturated carbocycles. The second-order valence-electron chi connectivity index (χ2n) is 1.77. The van der Waals surface area contributed by atoms with Gasteiger partial charge in [0.25, 0.3) is 0 Å². The summed E-state index contributed by atoms with van der Waals surface area (Å²) in [5.41, 5.74) is 0. The van der Waals surface area contributed by atoms with Crippen LogP contribution in [0, 0.1) is 0 Å². The largest absolute Gasteiger partial charge is 0.341 e. The topological polar surface area (TPSA) is 52.6 Å². The summed E-state index contributed by atoms with van der Waals surface area (Å²) in [4.78, 5) is 21.2. The Balaban J connectivity index is 2.68. The van der Waals surface area contributed by atoms with Crippen molar-refractivity contribution in [2.75, 3.05) is 6.26 Å². The van der Waals surface area contributed by atoms with Crippen molar-refractivity contribution in [1.29, 1.82) is 0 Å². The molecule has 0 aromatic rings. The van der Waals surface area contributed by atoms with E-state index in [1.54, 1.807) is 6.26 Å². The summed E-state index contributed by atoms with van der Waals surface area (Å²) >= 11 is 1.82. The van der Waals surface area contributed by atoms with Gasteiger partial charge in [-0.2, -0.15) is 0 Å². The molecule has 0 unspecified atom stereocenters. The molecule has 58 valence electrons. The maximum Gasteiger partial charge on any atom is 0.341 e. The first-order valence-corrected chi connectivity index (χ1v) is 6.85. The van der Waals surface area contributed by atoms with Gasteiger partial charge in [-0.15, -0.1) is 0 Å². The summed E-state index contributed by atoms with van der Waals surface area (Å²) < 4.78 is 9.46. The quantitative estimate of drug-likeness (QED) is 0.491. The van der Waals surface area contributed by atoms with Gasteiger partial charge < -0.3 is 8.37 Å². The number of carbonyl (C=O) groups is 2. The first-order chi connectivity index (χ1) is 4.49. The standard InChI is InChI=1S/C4H5IO4S/c1-10(5)8-3(6)2-4(7)9-10/h2H2,1H3. The Kier molecular flexibility index (Phi) is 2.09. The van der Waals surface area contributed by atoms with Crippen molar-refractivity contribution >= 4 is 40.9 Å². The Morgan fingerprint density at radius 1 is 1.40 bits per heavy atom. The fourth-order valence-corrected chi connectivity index (χ4v) is 2.54. The summed E-state index contributed by atoms with van der Waals surface area (Å²) in [7, 11) is -1.91. The summed E-state index contributed by atoms with van der Waals surface area (Å²) in [6.07, 6.45) is 1.33. The van der Waals surface area contributed by atoms with Crippen molar-refractivity contribution in [3.63, 3.8) is 0 Å². The molecule has 6 heteroatoms. The predicted molar refractivity (Wildman–Crippen MR) is 44.3 cm³/mol. The van der Waals surface area contributed by atoms with Gasteiger partial charge >= 0.3 is 11.9 Å². The normalized spacial score (nSPS) is 26.6. The number of carbonyl (C=O) groups excluding carboxylic acids is 2. The maximum atomic E-state index is 10.6. The van der Waals surface area contributed by atoms with Crippen LogP contribution in [-0.4, -0.2) is 18.2 Å². The van der Waals surface area contributed by atoms with E-state index in [9.17, 15) is 9.59 Å². The molecule has 1 rings (SSSR count). The number of rotatable bonds is 0. The first-order valence-electron chi connectivity index (χ1n) is 2.42. The number of hydrogen-bond acceptors (Lipinski definition) is 4. The van der Waals surface area contributed by atoms with Crippen molar-refractivity contribution in [2.24, 2.45) is 0 Å². The lowest BCUT2D eigenvalue weighted by Gasteiger charge is -2.33. The van der Waals surface area contributed by atoms with Crippen molar-refractivity contribution in [2.45, 2.75) is 6.42 Å². The van der Waals surface area contributed by atoms with Crippen molar-refractivity contribution in [1.82, 2.24) is 0 Å². The zero-order chi connectivity index (χ0) is 7.78. The SMILES string of the molecule is CS1(I)OC(=O)CC(=O)O1. The van der Waals surface area contributed by atoms with E-state index < -0.39 is 19.7 Å². The summed E-state index contributed by atoms with van der Waals surface area (Å²) in [5.74, 6) is -0.994. The molecule has 0 aromatic heterocycles. The fraction of sp³-hybridized carbons (Fsp3) is 0.500. The van der Waals surface area contributed by atoms with Gasteiger partial charge in [0.15, 0.2) is 0 Å². The molecule has 0 spiro atoms. The molecule has 0 amide bonds. The smallest absolute Gasteiger partial charge is 0.335 e.